The highest BCUT2D eigenvalue weighted by molar-refractivity contribution is 9.10. The number of benzene rings is 1. The lowest BCUT2D eigenvalue weighted by Gasteiger charge is -2.42. The first kappa shape index (κ1) is 25.2. The predicted octanol–water partition coefficient (Wildman–Crippen LogP) is 4.96. The van der Waals surface area contributed by atoms with Gasteiger partial charge in [-0.3, -0.25) is 14.5 Å². The molecule has 0 radical (unpaired) electrons. The van der Waals surface area contributed by atoms with Crippen molar-refractivity contribution in [1.29, 1.82) is 0 Å². The summed E-state index contributed by atoms with van der Waals surface area (Å²) in [5.41, 5.74) is 4.15. The van der Waals surface area contributed by atoms with Crippen molar-refractivity contribution in [3.63, 3.8) is 0 Å². The lowest BCUT2D eigenvalue weighted by molar-refractivity contribution is -0.140. The SMILES string of the molecule is CCCN1C(=O)[C@@H]2[C@@H](CC(C)=C3[C@@H](CC/C(=C/c4cc(Br)ccc4O)CC)OB(O)C[C@@H]32)C1=O. The molecule has 34 heavy (non-hydrogen) atoms. The van der Waals surface area contributed by atoms with Gasteiger partial charge in [-0.15, -0.1) is 0 Å². The number of phenols is 1. The zero-order valence-electron chi connectivity index (χ0n) is 20.1. The first-order valence-electron chi connectivity index (χ1n) is 12.3. The fourth-order valence-corrected chi connectivity index (χ4v) is 6.34. The number of imide groups is 1. The highest BCUT2D eigenvalue weighted by Gasteiger charge is 2.56. The molecule has 1 aromatic rings. The molecule has 3 aliphatic rings. The number of hydrogen-bond acceptors (Lipinski definition) is 5. The number of phenolic OH excluding ortho intramolecular Hbond substituents is 1. The number of rotatable bonds is 7. The lowest BCUT2D eigenvalue weighted by Crippen LogP contribution is -2.46. The zero-order chi connectivity index (χ0) is 24.6. The van der Waals surface area contributed by atoms with E-state index in [2.05, 4.69) is 22.9 Å². The molecule has 0 aromatic heterocycles. The molecule has 2 amide bonds. The quantitative estimate of drug-likeness (QED) is 0.296. The van der Waals surface area contributed by atoms with Crippen LogP contribution in [0.1, 0.15) is 58.4 Å². The van der Waals surface area contributed by atoms with Crippen LogP contribution in [0.3, 0.4) is 0 Å². The molecule has 2 heterocycles. The number of fused-ring (bicyclic) bond motifs is 3. The average Bonchev–Trinajstić information content (AvgIpc) is 3.03. The summed E-state index contributed by atoms with van der Waals surface area (Å²) in [6, 6.07) is 5.36. The first-order chi connectivity index (χ1) is 16.2. The average molecular weight is 530 g/mol. The highest BCUT2D eigenvalue weighted by atomic mass is 79.9. The van der Waals surface area contributed by atoms with Crippen LogP contribution in [0.5, 0.6) is 5.75 Å². The van der Waals surface area contributed by atoms with Crippen LogP contribution in [0, 0.1) is 17.8 Å². The van der Waals surface area contributed by atoms with E-state index in [1.807, 2.05) is 26.0 Å². The van der Waals surface area contributed by atoms with Gasteiger partial charge in [-0.05, 0) is 75.0 Å². The zero-order valence-corrected chi connectivity index (χ0v) is 21.7. The Kier molecular flexibility index (Phi) is 7.70. The first-order valence-corrected chi connectivity index (χ1v) is 13.1. The Morgan fingerprint density at radius 3 is 2.74 bits per heavy atom. The van der Waals surface area contributed by atoms with E-state index in [1.54, 1.807) is 12.1 Å². The maximum atomic E-state index is 13.2. The molecule has 6 nitrogen and oxygen atoms in total. The third-order valence-corrected chi connectivity index (χ3v) is 8.01. The Hall–Kier alpha value is -1.90. The predicted molar refractivity (Wildman–Crippen MR) is 136 cm³/mol. The van der Waals surface area contributed by atoms with E-state index in [4.69, 9.17) is 4.65 Å². The molecule has 2 saturated heterocycles. The van der Waals surface area contributed by atoms with Crippen molar-refractivity contribution in [3.05, 3.63) is 45.0 Å². The van der Waals surface area contributed by atoms with Crippen molar-refractivity contribution in [2.24, 2.45) is 17.8 Å². The van der Waals surface area contributed by atoms with Gasteiger partial charge in [0.15, 0.2) is 0 Å². The smallest absolute Gasteiger partial charge is 0.455 e. The number of likely N-dealkylation sites (tertiary alicyclic amines) is 1. The van der Waals surface area contributed by atoms with Gasteiger partial charge < -0.3 is 14.8 Å². The Bertz CT molecular complexity index is 1040. The van der Waals surface area contributed by atoms with Gasteiger partial charge in [0.05, 0.1) is 17.9 Å². The number of hydrogen-bond donors (Lipinski definition) is 2. The summed E-state index contributed by atoms with van der Waals surface area (Å²) >= 11 is 3.46. The van der Waals surface area contributed by atoms with Gasteiger partial charge in [-0.2, -0.15) is 0 Å². The molecule has 0 bridgehead atoms. The van der Waals surface area contributed by atoms with Gasteiger partial charge in [-0.1, -0.05) is 47.0 Å². The topological polar surface area (TPSA) is 87.1 Å². The number of nitrogens with zero attached hydrogens (tertiary/aromatic N) is 1. The maximum absolute atomic E-state index is 13.2. The van der Waals surface area contributed by atoms with Gasteiger partial charge >= 0.3 is 7.12 Å². The summed E-state index contributed by atoms with van der Waals surface area (Å²) in [6.45, 7) is 6.56. The number of amides is 2. The van der Waals surface area contributed by atoms with Crippen molar-refractivity contribution in [2.45, 2.75) is 65.3 Å². The van der Waals surface area contributed by atoms with Gasteiger partial charge in [0.25, 0.3) is 0 Å². The van der Waals surface area contributed by atoms with Crippen LogP contribution < -0.4 is 0 Å². The van der Waals surface area contributed by atoms with Gasteiger partial charge in [0.2, 0.25) is 11.8 Å². The molecule has 2 aliphatic heterocycles. The Labute approximate surface area is 210 Å². The lowest BCUT2D eigenvalue weighted by atomic mass is 9.59. The third-order valence-electron chi connectivity index (χ3n) is 7.52. The maximum Gasteiger partial charge on any atom is 0.455 e. The molecule has 1 aliphatic carbocycles. The van der Waals surface area contributed by atoms with Gasteiger partial charge in [0.1, 0.15) is 5.75 Å². The minimum Gasteiger partial charge on any atom is -0.507 e. The van der Waals surface area contributed by atoms with Crippen molar-refractivity contribution in [1.82, 2.24) is 4.90 Å². The molecule has 1 aromatic carbocycles. The Morgan fingerprint density at radius 1 is 1.26 bits per heavy atom. The number of allylic oxidation sites excluding steroid dienone is 2. The van der Waals surface area contributed by atoms with E-state index < -0.39 is 13.0 Å². The minimum atomic E-state index is -0.948. The second kappa shape index (κ2) is 10.4. The van der Waals surface area contributed by atoms with Gasteiger partial charge in [0, 0.05) is 16.6 Å². The molecular weight excluding hydrogens is 497 g/mol. The summed E-state index contributed by atoms with van der Waals surface area (Å²) in [5, 5.41) is 20.8. The van der Waals surface area contributed by atoms with E-state index in [0.717, 1.165) is 40.4 Å². The summed E-state index contributed by atoms with van der Waals surface area (Å²) in [6.07, 6.45) is 5.64. The van der Waals surface area contributed by atoms with Crippen LogP contribution in [-0.2, 0) is 14.2 Å². The van der Waals surface area contributed by atoms with E-state index >= 15 is 0 Å². The third kappa shape index (κ3) is 4.77. The number of carbonyl (C=O) groups is 2. The van der Waals surface area contributed by atoms with Crippen LogP contribution in [0.25, 0.3) is 6.08 Å². The molecule has 0 spiro atoms. The van der Waals surface area contributed by atoms with Crippen LogP contribution >= 0.6 is 15.9 Å². The second-order valence-electron chi connectivity index (χ2n) is 9.72. The molecule has 182 valence electrons. The number of carbonyl (C=O) groups excluding carboxylic acids is 2. The number of aromatic hydroxyl groups is 1. The summed E-state index contributed by atoms with van der Waals surface area (Å²) in [7, 11) is -0.948. The van der Waals surface area contributed by atoms with Crippen LogP contribution in [0.2, 0.25) is 6.32 Å². The van der Waals surface area contributed by atoms with Crippen molar-refractivity contribution < 1.29 is 24.4 Å². The Morgan fingerprint density at radius 2 is 2.03 bits per heavy atom. The normalized spacial score (nSPS) is 27.4. The second-order valence-corrected chi connectivity index (χ2v) is 10.6. The Balaban J connectivity index is 1.57. The largest absolute Gasteiger partial charge is 0.507 e. The van der Waals surface area contributed by atoms with Gasteiger partial charge in [-0.25, -0.2) is 0 Å². The van der Waals surface area contributed by atoms with E-state index in [9.17, 15) is 19.7 Å². The highest BCUT2D eigenvalue weighted by Crippen LogP contribution is 2.50. The number of halogens is 1. The molecule has 8 heteroatoms. The van der Waals surface area contributed by atoms with E-state index in [1.165, 1.54) is 10.5 Å². The summed E-state index contributed by atoms with van der Waals surface area (Å²) < 4.78 is 6.90. The van der Waals surface area contributed by atoms with E-state index in [-0.39, 0.29) is 35.5 Å². The molecule has 0 unspecified atom stereocenters. The fraction of sp³-hybridized carbons (Fsp3) is 0.538. The van der Waals surface area contributed by atoms with Crippen LogP contribution in [0.15, 0.2) is 39.4 Å². The van der Waals surface area contributed by atoms with Crippen molar-refractivity contribution >= 4 is 40.9 Å². The molecule has 4 atom stereocenters. The van der Waals surface area contributed by atoms with Crippen molar-refractivity contribution in [2.75, 3.05) is 6.54 Å². The van der Waals surface area contributed by atoms with Crippen molar-refractivity contribution in [3.8, 4) is 5.75 Å². The molecule has 4 rings (SSSR count). The monoisotopic (exact) mass is 529 g/mol. The fourth-order valence-electron chi connectivity index (χ4n) is 5.96. The molecule has 0 saturated carbocycles. The molecule has 2 N–H and O–H groups in total. The molecule has 2 fully saturated rings. The summed E-state index contributed by atoms with van der Waals surface area (Å²) in [5.74, 6) is -0.773. The standard InChI is InChI=1S/C26H33BBrNO5/c1-4-10-29-25(31)19-11-15(3)23-20(24(19)26(29)32)14-27(33)34-22(23)9-6-16(5-2)12-17-13-18(28)7-8-21(17)30/h7-8,12-13,19-20,22,24,30,33H,4-6,9-11,14H2,1-3H3/b16-12+/t19-,20+,22-,24-/m1/s1. The minimum absolute atomic E-state index is 0.0576. The summed E-state index contributed by atoms with van der Waals surface area (Å²) in [4.78, 5) is 27.6. The van der Waals surface area contributed by atoms with Crippen LogP contribution in [-0.4, -0.2) is 46.6 Å². The molecular formula is C26H33BBrNO5. The van der Waals surface area contributed by atoms with E-state index in [0.29, 0.717) is 25.7 Å². The van der Waals surface area contributed by atoms with Crippen LogP contribution in [0.4, 0.5) is 0 Å².